The van der Waals surface area contributed by atoms with Crippen molar-refractivity contribution in [1.82, 2.24) is 14.9 Å². The van der Waals surface area contributed by atoms with Gasteiger partial charge in [0.05, 0.1) is 5.56 Å². The predicted octanol–water partition coefficient (Wildman–Crippen LogP) is 3.60. The summed E-state index contributed by atoms with van der Waals surface area (Å²) in [6, 6.07) is 5.39. The first kappa shape index (κ1) is 14.7. The Bertz CT molecular complexity index is 548. The number of imidazole rings is 1. The monoisotopic (exact) mass is 275 g/mol. The third-order valence-electron chi connectivity index (χ3n) is 3.21. The molecule has 1 aromatic carbocycles. The highest BCUT2D eigenvalue weighted by Crippen LogP contribution is 2.22. The lowest BCUT2D eigenvalue weighted by Crippen LogP contribution is -2.14. The molecular formula is C16H22FN3. The van der Waals surface area contributed by atoms with E-state index in [4.69, 9.17) is 0 Å². The van der Waals surface area contributed by atoms with E-state index in [1.54, 1.807) is 12.3 Å². The summed E-state index contributed by atoms with van der Waals surface area (Å²) in [5.74, 6) is 0.502. The maximum atomic E-state index is 14.3. The smallest absolute Gasteiger partial charge is 0.142 e. The van der Waals surface area contributed by atoms with Gasteiger partial charge in [-0.15, -0.1) is 0 Å². The Morgan fingerprint density at radius 2 is 2.10 bits per heavy atom. The van der Waals surface area contributed by atoms with E-state index >= 15 is 0 Å². The molecule has 0 unspecified atom stereocenters. The van der Waals surface area contributed by atoms with Gasteiger partial charge in [0.2, 0.25) is 0 Å². The van der Waals surface area contributed by atoms with E-state index in [-0.39, 0.29) is 5.82 Å². The van der Waals surface area contributed by atoms with Gasteiger partial charge in [0.15, 0.2) is 0 Å². The minimum absolute atomic E-state index is 0.204. The number of hydrogen-bond acceptors (Lipinski definition) is 2. The van der Waals surface area contributed by atoms with Crippen LogP contribution in [-0.4, -0.2) is 16.1 Å². The van der Waals surface area contributed by atoms with Crippen molar-refractivity contribution in [1.29, 1.82) is 0 Å². The number of rotatable bonds is 7. The molecule has 2 rings (SSSR count). The fourth-order valence-electron chi connectivity index (χ4n) is 2.23. The Morgan fingerprint density at radius 3 is 2.80 bits per heavy atom. The molecule has 0 fully saturated rings. The third-order valence-corrected chi connectivity index (χ3v) is 3.21. The molecule has 108 valence electrons. The summed E-state index contributed by atoms with van der Waals surface area (Å²) in [7, 11) is 0. The summed E-state index contributed by atoms with van der Waals surface area (Å²) in [5.41, 5.74) is 1.54. The second-order valence-electron chi connectivity index (χ2n) is 4.94. The van der Waals surface area contributed by atoms with Crippen molar-refractivity contribution in [3.63, 3.8) is 0 Å². The van der Waals surface area contributed by atoms with Gasteiger partial charge in [0.1, 0.15) is 11.6 Å². The van der Waals surface area contributed by atoms with Crippen molar-refractivity contribution in [3.05, 3.63) is 42.0 Å². The molecule has 4 heteroatoms. The highest BCUT2D eigenvalue weighted by Gasteiger charge is 2.11. The molecule has 0 spiro atoms. The second kappa shape index (κ2) is 7.20. The predicted molar refractivity (Wildman–Crippen MR) is 79.9 cm³/mol. The Balaban J connectivity index is 2.18. The first-order chi connectivity index (χ1) is 9.76. The molecule has 0 radical (unpaired) electrons. The lowest BCUT2D eigenvalue weighted by molar-refractivity contribution is 0.616. The van der Waals surface area contributed by atoms with Crippen LogP contribution in [0, 0.1) is 5.82 Å². The van der Waals surface area contributed by atoms with Crippen molar-refractivity contribution in [2.24, 2.45) is 0 Å². The van der Waals surface area contributed by atoms with Gasteiger partial charge in [-0.1, -0.05) is 19.9 Å². The summed E-state index contributed by atoms with van der Waals surface area (Å²) in [5, 5.41) is 3.28. The summed E-state index contributed by atoms with van der Waals surface area (Å²) in [6.07, 6.45) is 5.70. The van der Waals surface area contributed by atoms with Gasteiger partial charge in [-0.3, -0.25) is 0 Å². The summed E-state index contributed by atoms with van der Waals surface area (Å²) >= 11 is 0. The molecule has 1 N–H and O–H groups in total. The molecule has 0 saturated heterocycles. The van der Waals surface area contributed by atoms with Gasteiger partial charge in [-0.05, 0) is 37.1 Å². The average molecular weight is 275 g/mol. The van der Waals surface area contributed by atoms with E-state index in [1.165, 1.54) is 0 Å². The largest absolute Gasteiger partial charge is 0.331 e. The number of aromatic nitrogens is 2. The van der Waals surface area contributed by atoms with Crippen molar-refractivity contribution in [2.75, 3.05) is 6.54 Å². The topological polar surface area (TPSA) is 29.9 Å². The Morgan fingerprint density at radius 1 is 1.25 bits per heavy atom. The number of nitrogens with one attached hydrogen (secondary N) is 1. The molecular weight excluding hydrogens is 253 g/mol. The average Bonchev–Trinajstić information content (AvgIpc) is 2.88. The van der Waals surface area contributed by atoms with Crippen LogP contribution in [-0.2, 0) is 13.1 Å². The zero-order chi connectivity index (χ0) is 14.4. The molecule has 1 aromatic heterocycles. The number of hydrogen-bond donors (Lipinski definition) is 1. The standard InChI is InChI=1S/C16H22FN3/c1-3-7-18-12-13-5-6-14(15(17)11-13)16-19-8-10-20(16)9-4-2/h5-6,8,10-11,18H,3-4,7,9,12H2,1-2H3. The van der Waals surface area contributed by atoms with Crippen LogP contribution < -0.4 is 5.32 Å². The van der Waals surface area contributed by atoms with Crippen LogP contribution in [0.1, 0.15) is 32.3 Å². The number of halogens is 1. The molecule has 0 aliphatic heterocycles. The van der Waals surface area contributed by atoms with Crippen molar-refractivity contribution >= 4 is 0 Å². The van der Waals surface area contributed by atoms with Crippen LogP contribution in [0.25, 0.3) is 11.4 Å². The third kappa shape index (κ3) is 3.45. The molecule has 0 amide bonds. The highest BCUT2D eigenvalue weighted by molar-refractivity contribution is 5.57. The van der Waals surface area contributed by atoms with Crippen molar-refractivity contribution < 1.29 is 4.39 Å². The van der Waals surface area contributed by atoms with E-state index in [9.17, 15) is 4.39 Å². The van der Waals surface area contributed by atoms with Gasteiger partial charge in [-0.2, -0.15) is 0 Å². The fraction of sp³-hybridized carbons (Fsp3) is 0.438. The van der Waals surface area contributed by atoms with Crippen LogP contribution in [0.2, 0.25) is 0 Å². The first-order valence-corrected chi connectivity index (χ1v) is 7.27. The summed E-state index contributed by atoms with van der Waals surface area (Å²) < 4.78 is 16.3. The normalized spacial score (nSPS) is 10.9. The molecule has 0 aliphatic rings. The molecule has 20 heavy (non-hydrogen) atoms. The molecule has 0 atom stereocenters. The van der Waals surface area contributed by atoms with Gasteiger partial charge in [-0.25, -0.2) is 9.37 Å². The number of nitrogens with zero attached hydrogens (tertiary/aromatic N) is 2. The molecule has 3 nitrogen and oxygen atoms in total. The van der Waals surface area contributed by atoms with Gasteiger partial charge >= 0.3 is 0 Å². The zero-order valence-corrected chi connectivity index (χ0v) is 12.2. The zero-order valence-electron chi connectivity index (χ0n) is 12.2. The van der Waals surface area contributed by atoms with E-state index < -0.39 is 0 Å². The van der Waals surface area contributed by atoms with Crippen molar-refractivity contribution in [2.45, 2.75) is 39.8 Å². The lowest BCUT2D eigenvalue weighted by atomic mass is 10.1. The van der Waals surface area contributed by atoms with E-state index in [0.29, 0.717) is 17.9 Å². The quantitative estimate of drug-likeness (QED) is 0.782. The molecule has 0 saturated carbocycles. The van der Waals surface area contributed by atoms with E-state index in [0.717, 1.165) is 31.5 Å². The Kier molecular flexibility index (Phi) is 5.30. The maximum Gasteiger partial charge on any atom is 0.142 e. The highest BCUT2D eigenvalue weighted by atomic mass is 19.1. The van der Waals surface area contributed by atoms with Crippen LogP contribution in [0.4, 0.5) is 4.39 Å². The minimum Gasteiger partial charge on any atom is -0.331 e. The number of aryl methyl sites for hydroxylation is 1. The lowest BCUT2D eigenvalue weighted by Gasteiger charge is -2.09. The molecule has 0 bridgehead atoms. The number of benzene rings is 1. The van der Waals surface area contributed by atoms with Crippen LogP contribution in [0.15, 0.2) is 30.6 Å². The first-order valence-electron chi connectivity index (χ1n) is 7.27. The van der Waals surface area contributed by atoms with Crippen molar-refractivity contribution in [3.8, 4) is 11.4 Å². The Labute approximate surface area is 119 Å². The van der Waals surface area contributed by atoms with E-state index in [1.807, 2.05) is 22.9 Å². The Hall–Kier alpha value is -1.68. The SMILES string of the molecule is CCCNCc1ccc(-c2nccn2CCC)c(F)c1. The minimum atomic E-state index is -0.204. The van der Waals surface area contributed by atoms with E-state index in [2.05, 4.69) is 24.1 Å². The van der Waals surface area contributed by atoms with Gasteiger partial charge in [0, 0.05) is 25.5 Å². The molecule has 0 aliphatic carbocycles. The van der Waals surface area contributed by atoms with Gasteiger partial charge in [0.25, 0.3) is 0 Å². The molecule has 1 heterocycles. The summed E-state index contributed by atoms with van der Waals surface area (Å²) in [6.45, 7) is 6.72. The molecule has 2 aromatic rings. The van der Waals surface area contributed by atoms with Gasteiger partial charge < -0.3 is 9.88 Å². The maximum absolute atomic E-state index is 14.3. The summed E-state index contributed by atoms with van der Waals surface area (Å²) in [4.78, 5) is 4.28. The van der Waals surface area contributed by atoms with Crippen LogP contribution in [0.5, 0.6) is 0 Å². The fourth-order valence-corrected chi connectivity index (χ4v) is 2.23. The van der Waals surface area contributed by atoms with Crippen LogP contribution >= 0.6 is 0 Å². The van der Waals surface area contributed by atoms with Crippen LogP contribution in [0.3, 0.4) is 0 Å². The second-order valence-corrected chi connectivity index (χ2v) is 4.94.